The number of carboxylic acids is 1. The second-order valence-electron chi connectivity index (χ2n) is 3.37. The molecule has 0 aromatic carbocycles. The van der Waals surface area contributed by atoms with Gasteiger partial charge in [-0.25, -0.2) is 4.98 Å². The number of hydrogen-bond donors (Lipinski definition) is 1. The van der Waals surface area contributed by atoms with Gasteiger partial charge in [-0.3, -0.25) is 9.59 Å². The van der Waals surface area contributed by atoms with Gasteiger partial charge >= 0.3 is 5.97 Å². The summed E-state index contributed by atoms with van der Waals surface area (Å²) in [5, 5.41) is 8.82. The molecule has 0 spiro atoms. The topological polar surface area (TPSA) is 70.5 Å². The Labute approximate surface area is 104 Å². The van der Waals surface area contributed by atoms with Crippen molar-refractivity contribution in [1.82, 2.24) is 9.88 Å². The Morgan fingerprint density at radius 2 is 2.18 bits per heavy atom. The van der Waals surface area contributed by atoms with E-state index in [1.54, 1.807) is 25.1 Å². The first-order valence-corrected chi connectivity index (χ1v) is 5.56. The largest absolute Gasteiger partial charge is 0.481 e. The van der Waals surface area contributed by atoms with Crippen LogP contribution >= 0.6 is 11.6 Å². The Morgan fingerprint density at radius 3 is 2.71 bits per heavy atom. The summed E-state index contributed by atoms with van der Waals surface area (Å²) in [6, 6.07) is 4.76. The van der Waals surface area contributed by atoms with Crippen LogP contribution in [0.3, 0.4) is 0 Å². The lowest BCUT2D eigenvalue weighted by molar-refractivity contribution is -0.137. The van der Waals surface area contributed by atoms with E-state index in [1.807, 2.05) is 0 Å². The van der Waals surface area contributed by atoms with E-state index in [4.69, 9.17) is 16.7 Å². The quantitative estimate of drug-likeness (QED) is 0.814. The van der Waals surface area contributed by atoms with Crippen molar-refractivity contribution < 1.29 is 14.7 Å². The van der Waals surface area contributed by atoms with Crippen LogP contribution in [0, 0.1) is 0 Å². The molecular weight excluding hydrogens is 244 g/mol. The minimum absolute atomic E-state index is 0.0832. The SMILES string of the molecule is CCN(CCC(=O)O)C(=O)c1cccc(Cl)n1. The number of carboxylic acid groups (broad SMARTS) is 1. The smallest absolute Gasteiger partial charge is 0.305 e. The Kier molecular flexibility index (Phi) is 4.90. The first kappa shape index (κ1) is 13.4. The number of pyridine rings is 1. The van der Waals surface area contributed by atoms with Crippen molar-refractivity contribution in [2.24, 2.45) is 0 Å². The van der Waals surface area contributed by atoms with E-state index < -0.39 is 5.97 Å². The fourth-order valence-corrected chi connectivity index (χ4v) is 1.49. The summed E-state index contributed by atoms with van der Waals surface area (Å²) >= 11 is 5.69. The first-order chi connectivity index (χ1) is 8.04. The van der Waals surface area contributed by atoms with Crippen molar-refractivity contribution >= 4 is 23.5 Å². The molecule has 0 aliphatic heterocycles. The minimum Gasteiger partial charge on any atom is -0.481 e. The minimum atomic E-state index is -0.935. The average Bonchev–Trinajstić information content (AvgIpc) is 2.29. The maximum atomic E-state index is 12.0. The second-order valence-corrected chi connectivity index (χ2v) is 3.76. The average molecular weight is 257 g/mol. The van der Waals surface area contributed by atoms with Crippen LogP contribution in [0.4, 0.5) is 0 Å². The lowest BCUT2D eigenvalue weighted by Crippen LogP contribution is -2.33. The molecule has 1 heterocycles. The van der Waals surface area contributed by atoms with Gasteiger partial charge in [0.2, 0.25) is 0 Å². The number of amides is 1. The van der Waals surface area contributed by atoms with Crippen LogP contribution < -0.4 is 0 Å². The number of nitrogens with zero attached hydrogens (tertiary/aromatic N) is 2. The fourth-order valence-electron chi connectivity index (χ4n) is 1.32. The number of halogens is 1. The molecule has 5 nitrogen and oxygen atoms in total. The van der Waals surface area contributed by atoms with Gasteiger partial charge in [-0.2, -0.15) is 0 Å². The van der Waals surface area contributed by atoms with Crippen molar-refractivity contribution in [3.63, 3.8) is 0 Å². The summed E-state index contributed by atoms with van der Waals surface area (Å²) in [6.07, 6.45) is -0.0832. The molecule has 1 aromatic rings. The molecule has 1 N–H and O–H groups in total. The Bertz CT molecular complexity index is 423. The van der Waals surface area contributed by atoms with E-state index in [1.165, 1.54) is 4.90 Å². The molecule has 0 fully saturated rings. The summed E-state index contributed by atoms with van der Waals surface area (Å²) in [5.41, 5.74) is 0.227. The summed E-state index contributed by atoms with van der Waals surface area (Å²) in [5.74, 6) is -1.24. The molecular formula is C11H13ClN2O3. The molecule has 0 bridgehead atoms. The highest BCUT2D eigenvalue weighted by Gasteiger charge is 2.16. The van der Waals surface area contributed by atoms with E-state index in [-0.39, 0.29) is 29.7 Å². The summed E-state index contributed by atoms with van der Waals surface area (Å²) in [6.45, 7) is 2.38. The number of aromatic nitrogens is 1. The number of rotatable bonds is 5. The van der Waals surface area contributed by atoms with Gasteiger partial charge in [0.25, 0.3) is 5.91 Å². The number of carbonyl (C=O) groups excluding carboxylic acids is 1. The van der Waals surface area contributed by atoms with E-state index in [9.17, 15) is 9.59 Å². The zero-order chi connectivity index (χ0) is 12.8. The Morgan fingerprint density at radius 1 is 1.47 bits per heavy atom. The predicted octanol–water partition coefficient (Wildman–Crippen LogP) is 1.67. The van der Waals surface area contributed by atoms with E-state index in [2.05, 4.69) is 4.98 Å². The zero-order valence-corrected chi connectivity index (χ0v) is 10.1. The molecule has 0 saturated carbocycles. The second kappa shape index (κ2) is 6.20. The zero-order valence-electron chi connectivity index (χ0n) is 9.39. The van der Waals surface area contributed by atoms with Gasteiger partial charge in [0, 0.05) is 13.1 Å². The molecule has 0 radical (unpaired) electrons. The normalized spacial score (nSPS) is 10.0. The van der Waals surface area contributed by atoms with Crippen molar-refractivity contribution in [2.45, 2.75) is 13.3 Å². The van der Waals surface area contributed by atoms with Crippen LogP contribution in [0.1, 0.15) is 23.8 Å². The van der Waals surface area contributed by atoms with Crippen LogP contribution in [0.15, 0.2) is 18.2 Å². The van der Waals surface area contributed by atoms with Gasteiger partial charge < -0.3 is 10.0 Å². The van der Waals surface area contributed by atoms with Crippen molar-refractivity contribution in [1.29, 1.82) is 0 Å². The Balaban J connectivity index is 2.75. The van der Waals surface area contributed by atoms with Crippen molar-refractivity contribution in [3.8, 4) is 0 Å². The fraction of sp³-hybridized carbons (Fsp3) is 0.364. The van der Waals surface area contributed by atoms with Gasteiger partial charge in [-0.1, -0.05) is 17.7 Å². The predicted molar refractivity (Wildman–Crippen MR) is 63.1 cm³/mol. The van der Waals surface area contributed by atoms with Gasteiger partial charge in [-0.05, 0) is 19.1 Å². The molecule has 0 aliphatic carbocycles. The molecule has 0 unspecified atom stereocenters. The van der Waals surface area contributed by atoms with Crippen LogP contribution in [0.25, 0.3) is 0 Å². The van der Waals surface area contributed by atoms with Crippen molar-refractivity contribution in [3.05, 3.63) is 29.0 Å². The Hall–Kier alpha value is -1.62. The lowest BCUT2D eigenvalue weighted by Gasteiger charge is -2.19. The van der Waals surface area contributed by atoms with Gasteiger partial charge in [0.15, 0.2) is 0 Å². The molecule has 1 aromatic heterocycles. The molecule has 17 heavy (non-hydrogen) atoms. The van der Waals surface area contributed by atoms with Crippen LogP contribution in [-0.4, -0.2) is 40.0 Å². The number of aliphatic carboxylic acids is 1. The molecule has 0 saturated heterocycles. The van der Waals surface area contributed by atoms with Gasteiger partial charge in [0.1, 0.15) is 10.8 Å². The summed E-state index contributed by atoms with van der Waals surface area (Å²) in [4.78, 5) is 27.7. The summed E-state index contributed by atoms with van der Waals surface area (Å²) in [7, 11) is 0. The molecule has 0 aliphatic rings. The van der Waals surface area contributed by atoms with Crippen LogP contribution in [-0.2, 0) is 4.79 Å². The third-order valence-electron chi connectivity index (χ3n) is 2.20. The van der Waals surface area contributed by atoms with Crippen molar-refractivity contribution in [2.75, 3.05) is 13.1 Å². The first-order valence-electron chi connectivity index (χ1n) is 5.18. The molecule has 6 heteroatoms. The van der Waals surface area contributed by atoms with E-state index in [0.29, 0.717) is 6.54 Å². The summed E-state index contributed by atoms with van der Waals surface area (Å²) < 4.78 is 0. The van der Waals surface area contributed by atoms with Crippen LogP contribution in [0.2, 0.25) is 5.15 Å². The van der Waals surface area contributed by atoms with E-state index in [0.717, 1.165) is 0 Å². The highest BCUT2D eigenvalue weighted by Crippen LogP contribution is 2.08. The van der Waals surface area contributed by atoms with Gasteiger partial charge in [0.05, 0.1) is 6.42 Å². The molecule has 92 valence electrons. The van der Waals surface area contributed by atoms with Gasteiger partial charge in [-0.15, -0.1) is 0 Å². The third kappa shape index (κ3) is 4.03. The van der Waals surface area contributed by atoms with Crippen LogP contribution in [0.5, 0.6) is 0 Å². The molecule has 1 amide bonds. The van der Waals surface area contributed by atoms with E-state index >= 15 is 0 Å². The molecule has 0 atom stereocenters. The molecule has 1 rings (SSSR count). The standard InChI is InChI=1S/C11H13ClN2O3/c1-2-14(7-6-10(15)16)11(17)8-4-3-5-9(12)13-8/h3-5H,2,6-7H2,1H3,(H,15,16). The maximum Gasteiger partial charge on any atom is 0.305 e. The lowest BCUT2D eigenvalue weighted by atomic mass is 10.3. The third-order valence-corrected chi connectivity index (χ3v) is 2.41. The highest BCUT2D eigenvalue weighted by atomic mass is 35.5. The maximum absolute atomic E-state index is 12.0. The monoisotopic (exact) mass is 256 g/mol. The highest BCUT2D eigenvalue weighted by molar-refractivity contribution is 6.29. The number of hydrogen-bond acceptors (Lipinski definition) is 3. The number of carbonyl (C=O) groups is 2.